The van der Waals surface area contributed by atoms with Gasteiger partial charge in [-0.3, -0.25) is 9.98 Å². The van der Waals surface area contributed by atoms with Crippen molar-refractivity contribution >= 4 is 56.7 Å². The second kappa shape index (κ2) is 6.87. The molecule has 0 unspecified atom stereocenters. The standard InChI is InChI=1S/C12H5BrCl2FN5/c13-7-1-8(14)12(9(15)2-7)19-4-6-3-18-5-10(16)11(6)20-21-17/h1-5H/b19-4+. The Kier molecular flexibility index (Phi) is 5.14. The van der Waals surface area contributed by atoms with Crippen molar-refractivity contribution in [1.29, 1.82) is 0 Å². The fourth-order valence-corrected chi connectivity index (χ4v) is 2.79. The third kappa shape index (κ3) is 3.71. The van der Waals surface area contributed by atoms with Crippen molar-refractivity contribution in [3.05, 3.63) is 60.9 Å². The minimum absolute atomic E-state index is 0.194. The van der Waals surface area contributed by atoms with Gasteiger partial charge in [0.15, 0.2) is 5.82 Å². The summed E-state index contributed by atoms with van der Waals surface area (Å²) in [4.78, 5) is 10.3. The van der Waals surface area contributed by atoms with Gasteiger partial charge in [-0.15, -0.1) is 0 Å². The summed E-state index contributed by atoms with van der Waals surface area (Å²) >= 11 is 15.3. The fourth-order valence-electron chi connectivity index (χ4n) is 1.48. The number of aromatic nitrogens is 1. The average molecular weight is 389 g/mol. The van der Waals surface area contributed by atoms with Crippen LogP contribution in [0, 0.1) is 5.82 Å². The average Bonchev–Trinajstić information content (AvgIpc) is 2.41. The Morgan fingerprint density at radius 3 is 2.52 bits per heavy atom. The molecule has 9 heteroatoms. The SMILES string of the molecule is [N-]=[N+]=Nc1c(F)cncc1/C=N/c1c(Cl)cc(Br)cc1Cl. The molecule has 0 amide bonds. The van der Waals surface area contributed by atoms with Gasteiger partial charge >= 0.3 is 0 Å². The molecular formula is C12H5BrCl2FN5. The van der Waals surface area contributed by atoms with Crippen molar-refractivity contribution in [1.82, 2.24) is 4.98 Å². The van der Waals surface area contributed by atoms with Crippen molar-refractivity contribution in [2.75, 3.05) is 0 Å². The van der Waals surface area contributed by atoms with Gasteiger partial charge < -0.3 is 0 Å². The van der Waals surface area contributed by atoms with Crippen LogP contribution in [0.4, 0.5) is 15.8 Å². The van der Waals surface area contributed by atoms with Gasteiger partial charge in [0.25, 0.3) is 0 Å². The third-order valence-electron chi connectivity index (χ3n) is 2.36. The molecule has 0 spiro atoms. The molecule has 0 aliphatic rings. The van der Waals surface area contributed by atoms with E-state index in [-0.39, 0.29) is 11.3 Å². The monoisotopic (exact) mass is 387 g/mol. The molecule has 21 heavy (non-hydrogen) atoms. The summed E-state index contributed by atoms with van der Waals surface area (Å²) in [7, 11) is 0. The lowest BCUT2D eigenvalue weighted by Crippen LogP contribution is -1.88. The number of azide groups is 1. The molecule has 0 bridgehead atoms. The predicted octanol–water partition coefficient (Wildman–Crippen LogP) is 5.98. The topological polar surface area (TPSA) is 74.0 Å². The van der Waals surface area contributed by atoms with Crippen LogP contribution in [0.5, 0.6) is 0 Å². The molecule has 0 atom stereocenters. The van der Waals surface area contributed by atoms with Gasteiger partial charge in [-0.1, -0.05) is 44.2 Å². The molecule has 1 heterocycles. The number of hydrogen-bond donors (Lipinski definition) is 0. The Bertz CT molecular complexity index is 751. The normalized spacial score (nSPS) is 10.7. The van der Waals surface area contributed by atoms with Gasteiger partial charge in [0, 0.05) is 27.4 Å². The highest BCUT2D eigenvalue weighted by molar-refractivity contribution is 9.10. The first-order valence-corrected chi connectivity index (χ1v) is 6.95. The van der Waals surface area contributed by atoms with Crippen LogP contribution in [-0.2, 0) is 0 Å². The maximum atomic E-state index is 13.5. The summed E-state index contributed by atoms with van der Waals surface area (Å²) in [5.74, 6) is -0.746. The molecule has 0 N–H and O–H groups in total. The van der Waals surface area contributed by atoms with Crippen LogP contribution < -0.4 is 0 Å². The second-order valence-corrected chi connectivity index (χ2v) is 5.45. The molecular weight excluding hydrogens is 384 g/mol. The lowest BCUT2D eigenvalue weighted by Gasteiger charge is -2.03. The number of pyridine rings is 1. The van der Waals surface area contributed by atoms with E-state index in [0.717, 1.165) is 6.20 Å². The summed E-state index contributed by atoms with van der Waals surface area (Å²) < 4.78 is 14.2. The van der Waals surface area contributed by atoms with Gasteiger partial charge in [-0.25, -0.2) is 4.39 Å². The predicted molar refractivity (Wildman–Crippen MR) is 84.4 cm³/mol. The highest BCUT2D eigenvalue weighted by Crippen LogP contribution is 2.36. The first kappa shape index (κ1) is 15.7. The van der Waals surface area contributed by atoms with E-state index in [1.165, 1.54) is 12.4 Å². The number of hydrogen-bond acceptors (Lipinski definition) is 3. The number of rotatable bonds is 3. The number of nitrogens with zero attached hydrogens (tertiary/aromatic N) is 5. The second-order valence-electron chi connectivity index (χ2n) is 3.72. The summed E-state index contributed by atoms with van der Waals surface area (Å²) in [5, 5.41) is 3.92. The zero-order chi connectivity index (χ0) is 15.4. The maximum absolute atomic E-state index is 13.5. The van der Waals surface area contributed by atoms with Crippen LogP contribution in [0.1, 0.15) is 5.56 Å². The summed E-state index contributed by atoms with van der Waals surface area (Å²) in [5.41, 5.74) is 8.79. The summed E-state index contributed by atoms with van der Waals surface area (Å²) in [6.07, 6.45) is 3.54. The van der Waals surface area contributed by atoms with Crippen molar-refractivity contribution in [3.63, 3.8) is 0 Å². The highest BCUT2D eigenvalue weighted by atomic mass is 79.9. The molecule has 0 fully saturated rings. The molecule has 0 aliphatic carbocycles. The lowest BCUT2D eigenvalue weighted by molar-refractivity contribution is 0.623. The van der Waals surface area contributed by atoms with Gasteiger partial charge in [0.2, 0.25) is 0 Å². The lowest BCUT2D eigenvalue weighted by atomic mass is 10.2. The molecule has 5 nitrogen and oxygen atoms in total. The number of halogens is 4. The van der Waals surface area contributed by atoms with E-state index < -0.39 is 5.82 Å². The van der Waals surface area contributed by atoms with E-state index in [9.17, 15) is 4.39 Å². The van der Waals surface area contributed by atoms with Crippen molar-refractivity contribution in [2.45, 2.75) is 0 Å². The van der Waals surface area contributed by atoms with E-state index in [0.29, 0.717) is 20.2 Å². The largest absolute Gasteiger partial charge is 0.261 e. The molecule has 0 saturated heterocycles. The first-order chi connectivity index (χ1) is 10.0. The van der Waals surface area contributed by atoms with Crippen LogP contribution in [-0.4, -0.2) is 11.2 Å². The van der Waals surface area contributed by atoms with E-state index in [1.54, 1.807) is 12.1 Å². The Hall–Kier alpha value is -1.66. The molecule has 106 valence electrons. The fraction of sp³-hybridized carbons (Fsp3) is 0. The van der Waals surface area contributed by atoms with E-state index in [2.05, 4.69) is 35.9 Å². The van der Waals surface area contributed by atoms with Crippen molar-refractivity contribution in [2.24, 2.45) is 10.1 Å². The minimum Gasteiger partial charge on any atom is -0.261 e. The zero-order valence-electron chi connectivity index (χ0n) is 10.1. The Balaban J connectivity index is 2.48. The minimum atomic E-state index is -0.746. The number of benzene rings is 1. The van der Waals surface area contributed by atoms with Gasteiger partial charge in [0.1, 0.15) is 5.69 Å². The van der Waals surface area contributed by atoms with Crippen molar-refractivity contribution < 1.29 is 4.39 Å². The Labute approximate surface area is 137 Å². The van der Waals surface area contributed by atoms with Crippen molar-refractivity contribution in [3.8, 4) is 0 Å². The quantitative estimate of drug-likeness (QED) is 0.275. The summed E-state index contributed by atoms with van der Waals surface area (Å²) in [6.45, 7) is 0. The number of aliphatic imine (C=N–C) groups is 1. The van der Waals surface area contributed by atoms with Gasteiger partial charge in [-0.05, 0) is 17.7 Å². The van der Waals surface area contributed by atoms with Crippen LogP contribution in [0.15, 0.2) is 39.1 Å². The molecule has 0 radical (unpaired) electrons. The maximum Gasteiger partial charge on any atom is 0.151 e. The molecule has 1 aromatic carbocycles. The molecule has 1 aromatic heterocycles. The first-order valence-electron chi connectivity index (χ1n) is 5.40. The molecule has 0 aliphatic heterocycles. The van der Waals surface area contributed by atoms with Crippen LogP contribution in [0.3, 0.4) is 0 Å². The van der Waals surface area contributed by atoms with Gasteiger partial charge in [-0.2, -0.15) is 0 Å². The zero-order valence-corrected chi connectivity index (χ0v) is 13.2. The van der Waals surface area contributed by atoms with Gasteiger partial charge in [0.05, 0.1) is 21.9 Å². The third-order valence-corrected chi connectivity index (χ3v) is 3.39. The Morgan fingerprint density at radius 1 is 1.24 bits per heavy atom. The van der Waals surface area contributed by atoms with E-state index in [1.807, 2.05) is 0 Å². The highest BCUT2D eigenvalue weighted by Gasteiger charge is 2.08. The summed E-state index contributed by atoms with van der Waals surface area (Å²) in [6, 6.07) is 3.25. The Morgan fingerprint density at radius 2 is 1.90 bits per heavy atom. The van der Waals surface area contributed by atoms with Crippen LogP contribution in [0.25, 0.3) is 10.4 Å². The van der Waals surface area contributed by atoms with E-state index in [4.69, 9.17) is 28.7 Å². The molecule has 0 saturated carbocycles. The van der Waals surface area contributed by atoms with Crippen LogP contribution in [0.2, 0.25) is 10.0 Å². The smallest absolute Gasteiger partial charge is 0.151 e. The molecule has 2 rings (SSSR count). The van der Waals surface area contributed by atoms with E-state index >= 15 is 0 Å². The molecule has 2 aromatic rings. The van der Waals surface area contributed by atoms with Crippen LogP contribution >= 0.6 is 39.1 Å².